The number of carbonyl (C=O) groups excluding carboxylic acids is 1. The molecule has 5 heteroatoms. The number of nitrogens with zero attached hydrogens (tertiary/aromatic N) is 3. The van der Waals surface area contributed by atoms with Crippen molar-refractivity contribution in [3.63, 3.8) is 0 Å². The maximum atomic E-state index is 13.2. The quantitative estimate of drug-likeness (QED) is 0.713. The highest BCUT2D eigenvalue weighted by molar-refractivity contribution is 5.94. The Hall–Kier alpha value is -2.95. The summed E-state index contributed by atoms with van der Waals surface area (Å²) in [5, 5.41) is 4.20. The molecule has 3 aromatic rings. The maximum absolute atomic E-state index is 13.2. The van der Waals surface area contributed by atoms with Crippen molar-refractivity contribution >= 4 is 5.91 Å². The van der Waals surface area contributed by atoms with Crippen LogP contribution in [-0.2, 0) is 6.54 Å². The van der Waals surface area contributed by atoms with Gasteiger partial charge in [-0.3, -0.25) is 9.48 Å². The van der Waals surface area contributed by atoms with Crippen molar-refractivity contribution < 1.29 is 9.18 Å². The number of rotatable bonds is 4. The van der Waals surface area contributed by atoms with E-state index >= 15 is 0 Å². The van der Waals surface area contributed by atoms with Crippen molar-refractivity contribution in [2.45, 2.75) is 25.4 Å². The molecule has 1 fully saturated rings. The molecule has 1 unspecified atom stereocenters. The zero-order valence-corrected chi connectivity index (χ0v) is 14.4. The molecule has 26 heavy (non-hydrogen) atoms. The van der Waals surface area contributed by atoms with Crippen molar-refractivity contribution in [3.8, 4) is 0 Å². The molecule has 0 radical (unpaired) electrons. The minimum atomic E-state index is -0.252. The average molecular weight is 349 g/mol. The molecule has 2 heterocycles. The molecule has 2 aromatic carbocycles. The minimum Gasteiger partial charge on any atom is -0.332 e. The van der Waals surface area contributed by atoms with Crippen molar-refractivity contribution in [3.05, 3.63) is 89.5 Å². The number of hydrogen-bond acceptors (Lipinski definition) is 2. The number of carbonyl (C=O) groups is 1. The largest absolute Gasteiger partial charge is 0.332 e. The van der Waals surface area contributed by atoms with Gasteiger partial charge >= 0.3 is 0 Å². The molecule has 0 bridgehead atoms. The summed E-state index contributed by atoms with van der Waals surface area (Å²) < 4.78 is 15.0. The van der Waals surface area contributed by atoms with Gasteiger partial charge < -0.3 is 4.90 Å². The van der Waals surface area contributed by atoms with E-state index in [2.05, 4.69) is 5.10 Å². The van der Waals surface area contributed by atoms with Crippen molar-refractivity contribution in [2.24, 2.45) is 0 Å². The van der Waals surface area contributed by atoms with Crippen LogP contribution in [0.5, 0.6) is 0 Å². The smallest absolute Gasteiger partial charge is 0.254 e. The lowest BCUT2D eigenvalue weighted by atomic mass is 10.0. The van der Waals surface area contributed by atoms with Crippen LogP contribution in [-0.4, -0.2) is 27.1 Å². The Labute approximate surface area is 151 Å². The molecule has 1 atom stereocenters. The van der Waals surface area contributed by atoms with Gasteiger partial charge in [0.15, 0.2) is 0 Å². The predicted molar refractivity (Wildman–Crippen MR) is 97.2 cm³/mol. The fourth-order valence-electron chi connectivity index (χ4n) is 3.54. The van der Waals surface area contributed by atoms with Gasteiger partial charge in [-0.25, -0.2) is 4.39 Å². The molecule has 4 nitrogen and oxygen atoms in total. The molecule has 132 valence electrons. The number of likely N-dealkylation sites (tertiary alicyclic amines) is 1. The van der Waals surface area contributed by atoms with Gasteiger partial charge in [0.2, 0.25) is 0 Å². The van der Waals surface area contributed by atoms with Crippen LogP contribution >= 0.6 is 0 Å². The van der Waals surface area contributed by atoms with Crippen LogP contribution in [0.4, 0.5) is 4.39 Å². The number of benzene rings is 2. The number of aromatic nitrogens is 2. The molecule has 4 rings (SSSR count). The first kappa shape index (κ1) is 16.5. The molecule has 1 aliphatic heterocycles. The fourth-order valence-corrected chi connectivity index (χ4v) is 3.54. The predicted octanol–water partition coefficient (Wildman–Crippen LogP) is 4.05. The molecule has 1 saturated heterocycles. The summed E-state index contributed by atoms with van der Waals surface area (Å²) in [6.45, 7) is 1.42. The normalized spacial score (nSPS) is 16.8. The second kappa shape index (κ2) is 7.12. The molecule has 0 aliphatic carbocycles. The van der Waals surface area contributed by atoms with E-state index in [0.29, 0.717) is 12.1 Å². The van der Waals surface area contributed by atoms with E-state index in [0.717, 1.165) is 30.5 Å². The Morgan fingerprint density at radius 1 is 1.12 bits per heavy atom. The van der Waals surface area contributed by atoms with Gasteiger partial charge in [0, 0.05) is 24.5 Å². The van der Waals surface area contributed by atoms with Crippen molar-refractivity contribution in [2.75, 3.05) is 6.54 Å². The second-order valence-corrected chi connectivity index (χ2v) is 6.61. The van der Waals surface area contributed by atoms with Gasteiger partial charge in [-0.15, -0.1) is 0 Å². The van der Waals surface area contributed by atoms with Gasteiger partial charge in [0.1, 0.15) is 5.82 Å². The van der Waals surface area contributed by atoms with Crippen molar-refractivity contribution in [1.29, 1.82) is 0 Å². The summed E-state index contributed by atoms with van der Waals surface area (Å²) in [5.41, 5.74) is 2.78. The first-order valence-electron chi connectivity index (χ1n) is 8.83. The summed E-state index contributed by atoms with van der Waals surface area (Å²) in [6.07, 6.45) is 5.54. The highest BCUT2D eigenvalue weighted by Crippen LogP contribution is 2.33. The van der Waals surface area contributed by atoms with Gasteiger partial charge in [0.05, 0.1) is 12.6 Å². The highest BCUT2D eigenvalue weighted by Gasteiger charge is 2.30. The molecule has 0 N–H and O–H groups in total. The summed E-state index contributed by atoms with van der Waals surface area (Å²) in [4.78, 5) is 14.9. The van der Waals surface area contributed by atoms with Gasteiger partial charge in [-0.1, -0.05) is 24.3 Å². The lowest BCUT2D eigenvalue weighted by Gasteiger charge is -2.25. The Bertz CT molecular complexity index is 873. The maximum Gasteiger partial charge on any atom is 0.254 e. The monoisotopic (exact) mass is 349 g/mol. The molecular formula is C21H20FN3O. The molecular weight excluding hydrogens is 329 g/mol. The lowest BCUT2D eigenvalue weighted by molar-refractivity contribution is 0.0735. The van der Waals surface area contributed by atoms with E-state index in [9.17, 15) is 9.18 Å². The summed E-state index contributed by atoms with van der Waals surface area (Å²) >= 11 is 0. The SMILES string of the molecule is O=C(c1ccc(Cn2cccn2)cc1)N1CCCC1c1ccc(F)cc1. The lowest BCUT2D eigenvalue weighted by Crippen LogP contribution is -2.30. The summed E-state index contributed by atoms with van der Waals surface area (Å²) in [5.74, 6) is -0.222. The number of hydrogen-bond donors (Lipinski definition) is 0. The molecule has 0 saturated carbocycles. The van der Waals surface area contributed by atoms with E-state index in [1.807, 2.05) is 46.1 Å². The van der Waals surface area contributed by atoms with Crippen LogP contribution in [0.1, 0.15) is 40.4 Å². The minimum absolute atomic E-state index is 0.0202. The van der Waals surface area contributed by atoms with Gasteiger partial charge in [-0.2, -0.15) is 5.10 Å². The average Bonchev–Trinajstić information content (AvgIpc) is 3.34. The Balaban J connectivity index is 1.50. The molecule has 1 aliphatic rings. The molecule has 0 spiro atoms. The zero-order valence-electron chi connectivity index (χ0n) is 14.4. The van der Waals surface area contributed by atoms with Gasteiger partial charge in [-0.05, 0) is 54.3 Å². The summed E-state index contributed by atoms with van der Waals surface area (Å²) in [7, 11) is 0. The van der Waals surface area contributed by atoms with Crippen molar-refractivity contribution in [1.82, 2.24) is 14.7 Å². The van der Waals surface area contributed by atoms with Crippen LogP contribution in [0.15, 0.2) is 67.0 Å². The van der Waals surface area contributed by atoms with E-state index in [1.165, 1.54) is 12.1 Å². The first-order valence-corrected chi connectivity index (χ1v) is 8.83. The van der Waals surface area contributed by atoms with Crippen LogP contribution in [0.2, 0.25) is 0 Å². The molecule has 1 aromatic heterocycles. The number of amides is 1. The second-order valence-electron chi connectivity index (χ2n) is 6.61. The van der Waals surface area contributed by atoms with E-state index in [1.54, 1.807) is 18.3 Å². The van der Waals surface area contributed by atoms with E-state index in [4.69, 9.17) is 0 Å². The van der Waals surface area contributed by atoms with Gasteiger partial charge in [0.25, 0.3) is 5.91 Å². The van der Waals surface area contributed by atoms with E-state index < -0.39 is 0 Å². The van der Waals surface area contributed by atoms with Crippen LogP contribution in [0.3, 0.4) is 0 Å². The Kier molecular flexibility index (Phi) is 4.52. The number of halogens is 1. The third kappa shape index (κ3) is 3.38. The summed E-state index contributed by atoms with van der Waals surface area (Å²) in [6, 6.07) is 16.1. The zero-order chi connectivity index (χ0) is 17.9. The van der Waals surface area contributed by atoms with Crippen LogP contribution < -0.4 is 0 Å². The Morgan fingerprint density at radius 3 is 2.58 bits per heavy atom. The fraction of sp³-hybridized carbons (Fsp3) is 0.238. The molecule has 1 amide bonds. The Morgan fingerprint density at radius 2 is 1.88 bits per heavy atom. The third-order valence-electron chi connectivity index (χ3n) is 4.87. The highest BCUT2D eigenvalue weighted by atomic mass is 19.1. The third-order valence-corrected chi connectivity index (χ3v) is 4.87. The van der Waals surface area contributed by atoms with Crippen LogP contribution in [0.25, 0.3) is 0 Å². The first-order chi connectivity index (χ1) is 12.7. The standard InChI is InChI=1S/C21H20FN3O/c22-19-10-8-17(9-11-19)20-3-1-14-25(20)21(26)18-6-4-16(5-7-18)15-24-13-2-12-23-24/h2,4-13,20H,1,3,14-15H2. The topological polar surface area (TPSA) is 38.1 Å². The van der Waals surface area contributed by atoms with E-state index in [-0.39, 0.29) is 17.8 Å². The van der Waals surface area contributed by atoms with Crippen LogP contribution in [0, 0.1) is 5.82 Å².